The van der Waals surface area contributed by atoms with Gasteiger partial charge in [0.05, 0.1) is 17.6 Å². The number of esters is 1. The molecule has 1 saturated heterocycles. The lowest BCUT2D eigenvalue weighted by molar-refractivity contribution is -0.384. The lowest BCUT2D eigenvalue weighted by Crippen LogP contribution is -2.46. The van der Waals surface area contributed by atoms with Gasteiger partial charge >= 0.3 is 5.97 Å². The van der Waals surface area contributed by atoms with E-state index in [2.05, 4.69) is 10.1 Å². The van der Waals surface area contributed by atoms with Crippen LogP contribution in [0.3, 0.4) is 0 Å². The maximum atomic E-state index is 13.0. The Kier molecular flexibility index (Phi) is 6.58. The van der Waals surface area contributed by atoms with Crippen molar-refractivity contribution in [2.45, 2.75) is 18.9 Å². The van der Waals surface area contributed by atoms with E-state index in [0.717, 1.165) is 19.2 Å². The summed E-state index contributed by atoms with van der Waals surface area (Å²) in [5.74, 6) is -1.98. The van der Waals surface area contributed by atoms with Crippen LogP contribution in [0.4, 0.5) is 10.1 Å². The molecule has 1 aliphatic heterocycles. The molecule has 10 heteroatoms. The number of nitrogens with zero attached hydrogens (tertiary/aromatic N) is 2. The molecule has 9 nitrogen and oxygen atoms in total. The molecule has 0 radical (unpaired) electrons. The summed E-state index contributed by atoms with van der Waals surface area (Å²) in [5.41, 5.74) is -0.107. The number of hydrogen-bond acceptors (Lipinski definition) is 6. The Morgan fingerprint density at radius 2 is 1.68 bits per heavy atom. The van der Waals surface area contributed by atoms with Crippen molar-refractivity contribution in [2.24, 2.45) is 0 Å². The molecule has 0 bridgehead atoms. The van der Waals surface area contributed by atoms with Crippen molar-refractivity contribution >= 4 is 23.5 Å². The van der Waals surface area contributed by atoms with E-state index in [-0.39, 0.29) is 28.8 Å². The van der Waals surface area contributed by atoms with E-state index in [4.69, 9.17) is 0 Å². The fourth-order valence-electron chi connectivity index (χ4n) is 3.36. The Morgan fingerprint density at radius 3 is 2.26 bits per heavy atom. The first-order valence-corrected chi connectivity index (χ1v) is 9.52. The highest BCUT2D eigenvalue weighted by atomic mass is 19.1. The molecule has 0 aromatic heterocycles. The molecular formula is C21H20FN3O6. The van der Waals surface area contributed by atoms with E-state index in [1.54, 1.807) is 0 Å². The molecular weight excluding hydrogens is 409 g/mol. The van der Waals surface area contributed by atoms with E-state index in [9.17, 15) is 28.9 Å². The molecule has 2 aromatic carbocycles. The normalized spacial score (nSPS) is 14.1. The number of nitrogens with one attached hydrogen (secondary N) is 1. The number of carbonyl (C=O) groups is 3. The maximum Gasteiger partial charge on any atom is 0.338 e. The number of nitro benzene ring substituents is 1. The van der Waals surface area contributed by atoms with Crippen LogP contribution < -0.4 is 5.32 Å². The Balaban J connectivity index is 1.65. The lowest BCUT2D eigenvalue weighted by atomic mass is 10.0. The maximum absolute atomic E-state index is 13.0. The number of methoxy groups -OCH3 is 1. The number of carbonyl (C=O) groups excluding carboxylic acids is 3. The molecule has 2 aromatic rings. The molecule has 1 heterocycles. The Labute approximate surface area is 176 Å². The van der Waals surface area contributed by atoms with Crippen molar-refractivity contribution in [3.63, 3.8) is 0 Å². The molecule has 3 rings (SSSR count). The molecule has 31 heavy (non-hydrogen) atoms. The Hall–Kier alpha value is -3.82. The number of amides is 2. The molecule has 162 valence electrons. The first-order chi connectivity index (χ1) is 14.8. The number of nitro groups is 1. The van der Waals surface area contributed by atoms with Crippen LogP contribution in [-0.2, 0) is 4.74 Å². The summed E-state index contributed by atoms with van der Waals surface area (Å²) < 4.78 is 17.6. The number of hydrogen-bond donors (Lipinski definition) is 1. The fourth-order valence-corrected chi connectivity index (χ4v) is 3.36. The van der Waals surface area contributed by atoms with Gasteiger partial charge < -0.3 is 15.0 Å². The minimum atomic E-state index is -0.778. The van der Waals surface area contributed by atoms with Crippen molar-refractivity contribution in [3.8, 4) is 0 Å². The quantitative estimate of drug-likeness (QED) is 0.443. The highest BCUT2D eigenvalue weighted by Gasteiger charge is 2.27. The summed E-state index contributed by atoms with van der Waals surface area (Å²) in [4.78, 5) is 48.9. The minimum Gasteiger partial charge on any atom is -0.465 e. The Bertz CT molecular complexity index is 1020. The van der Waals surface area contributed by atoms with Crippen molar-refractivity contribution < 1.29 is 28.4 Å². The van der Waals surface area contributed by atoms with Gasteiger partial charge in [-0.25, -0.2) is 9.18 Å². The second kappa shape index (κ2) is 9.33. The van der Waals surface area contributed by atoms with Gasteiger partial charge in [0.1, 0.15) is 5.82 Å². The van der Waals surface area contributed by atoms with Gasteiger partial charge in [0.2, 0.25) is 0 Å². The van der Waals surface area contributed by atoms with Gasteiger partial charge in [0.15, 0.2) is 0 Å². The van der Waals surface area contributed by atoms with E-state index in [1.165, 1.54) is 35.2 Å². The molecule has 0 spiro atoms. The van der Waals surface area contributed by atoms with Crippen LogP contribution in [0.15, 0.2) is 42.5 Å². The average Bonchev–Trinajstić information content (AvgIpc) is 2.78. The van der Waals surface area contributed by atoms with Gasteiger partial charge in [-0.05, 0) is 43.2 Å². The number of halogens is 1. The minimum absolute atomic E-state index is 0.0170. The zero-order valence-electron chi connectivity index (χ0n) is 16.7. The van der Waals surface area contributed by atoms with Gasteiger partial charge in [0.25, 0.3) is 17.5 Å². The van der Waals surface area contributed by atoms with Crippen molar-refractivity contribution in [2.75, 3.05) is 20.2 Å². The highest BCUT2D eigenvalue weighted by Crippen LogP contribution is 2.21. The van der Waals surface area contributed by atoms with E-state index in [1.807, 2.05) is 0 Å². The van der Waals surface area contributed by atoms with E-state index < -0.39 is 22.6 Å². The van der Waals surface area contributed by atoms with Crippen LogP contribution in [-0.4, -0.2) is 53.8 Å². The number of non-ortho nitro benzene ring substituents is 1. The predicted molar refractivity (Wildman–Crippen MR) is 107 cm³/mol. The number of piperidine rings is 1. The van der Waals surface area contributed by atoms with Crippen LogP contribution >= 0.6 is 0 Å². The smallest absolute Gasteiger partial charge is 0.338 e. The second-order valence-corrected chi connectivity index (χ2v) is 7.06. The van der Waals surface area contributed by atoms with E-state index in [0.29, 0.717) is 31.5 Å². The molecule has 0 atom stereocenters. The van der Waals surface area contributed by atoms with Crippen molar-refractivity contribution in [1.29, 1.82) is 0 Å². The zero-order chi connectivity index (χ0) is 22.5. The third kappa shape index (κ3) is 5.21. The Morgan fingerprint density at radius 1 is 1.06 bits per heavy atom. The molecule has 0 aliphatic carbocycles. The standard InChI is InChI=1S/C21H20FN3O6/c1-31-21(28)15-10-14(11-18(12-15)25(29)30)20(27)24-8-6-17(7-9-24)23-19(26)13-2-4-16(22)5-3-13/h2-5,10-12,17H,6-9H2,1H3,(H,23,26). The van der Waals surface area contributed by atoms with Crippen molar-refractivity contribution in [3.05, 3.63) is 75.1 Å². The number of rotatable bonds is 5. The van der Waals surface area contributed by atoms with E-state index >= 15 is 0 Å². The molecule has 0 unspecified atom stereocenters. The number of benzene rings is 2. The molecule has 1 aliphatic rings. The van der Waals surface area contributed by atoms with Crippen LogP contribution in [0.5, 0.6) is 0 Å². The predicted octanol–water partition coefficient (Wildman–Crippen LogP) is 2.56. The fraction of sp³-hybridized carbons (Fsp3) is 0.286. The number of ether oxygens (including phenoxy) is 1. The second-order valence-electron chi connectivity index (χ2n) is 7.06. The molecule has 0 saturated carbocycles. The van der Waals surface area contributed by atoms with Gasteiger partial charge in [-0.3, -0.25) is 19.7 Å². The zero-order valence-corrected chi connectivity index (χ0v) is 16.7. The van der Waals surface area contributed by atoms with Gasteiger partial charge in [0, 0.05) is 42.4 Å². The van der Waals surface area contributed by atoms with Crippen LogP contribution in [0.25, 0.3) is 0 Å². The van der Waals surface area contributed by atoms with Gasteiger partial charge in [-0.2, -0.15) is 0 Å². The lowest BCUT2D eigenvalue weighted by Gasteiger charge is -2.32. The largest absolute Gasteiger partial charge is 0.465 e. The summed E-state index contributed by atoms with van der Waals surface area (Å²) in [7, 11) is 1.15. The third-order valence-electron chi connectivity index (χ3n) is 5.02. The topological polar surface area (TPSA) is 119 Å². The summed E-state index contributed by atoms with van der Waals surface area (Å²) in [6, 6.07) is 8.47. The summed E-state index contributed by atoms with van der Waals surface area (Å²) in [6.45, 7) is 0.646. The average molecular weight is 429 g/mol. The van der Waals surface area contributed by atoms with Gasteiger partial charge in [-0.15, -0.1) is 0 Å². The first kappa shape index (κ1) is 21.9. The SMILES string of the molecule is COC(=O)c1cc(C(=O)N2CCC(NC(=O)c3ccc(F)cc3)CC2)cc([N+](=O)[O-])c1. The third-order valence-corrected chi connectivity index (χ3v) is 5.02. The highest BCUT2D eigenvalue weighted by molar-refractivity contribution is 5.99. The van der Waals surface area contributed by atoms with Crippen molar-refractivity contribution in [1.82, 2.24) is 10.2 Å². The van der Waals surface area contributed by atoms with Crippen LogP contribution in [0.1, 0.15) is 43.9 Å². The summed E-state index contributed by atoms with van der Waals surface area (Å²) in [5, 5.41) is 14.0. The van der Waals surface area contributed by atoms with Crippen LogP contribution in [0.2, 0.25) is 0 Å². The summed E-state index contributed by atoms with van der Waals surface area (Å²) >= 11 is 0. The molecule has 2 amide bonds. The number of likely N-dealkylation sites (tertiary alicyclic amines) is 1. The van der Waals surface area contributed by atoms with Crippen LogP contribution in [0, 0.1) is 15.9 Å². The molecule has 1 N–H and O–H groups in total. The van der Waals surface area contributed by atoms with Gasteiger partial charge in [-0.1, -0.05) is 0 Å². The first-order valence-electron chi connectivity index (χ1n) is 9.52. The monoisotopic (exact) mass is 429 g/mol. The molecule has 1 fully saturated rings. The summed E-state index contributed by atoms with van der Waals surface area (Å²) in [6.07, 6.45) is 0.967.